The number of terminal acetylenes is 1. The van der Waals surface area contributed by atoms with E-state index in [-0.39, 0.29) is 6.10 Å². The summed E-state index contributed by atoms with van der Waals surface area (Å²) in [6.07, 6.45) is 10.7. The first-order valence-electron chi connectivity index (χ1n) is 5.26. The van der Waals surface area contributed by atoms with E-state index < -0.39 is 9.04 Å². The van der Waals surface area contributed by atoms with Crippen LogP contribution < -0.4 is 0 Å². The van der Waals surface area contributed by atoms with E-state index in [1.807, 2.05) is 0 Å². The summed E-state index contributed by atoms with van der Waals surface area (Å²) in [6, 6.07) is 0. The van der Waals surface area contributed by atoms with Crippen LogP contribution in [0.5, 0.6) is 0 Å². The fourth-order valence-electron chi connectivity index (χ4n) is 2.06. The molecule has 0 bridgehead atoms. The van der Waals surface area contributed by atoms with Gasteiger partial charge in [-0.15, -0.1) is 6.42 Å². The van der Waals surface area contributed by atoms with Gasteiger partial charge in [-0.1, -0.05) is 19.3 Å². The molecule has 0 amide bonds. The van der Waals surface area contributed by atoms with Crippen molar-refractivity contribution in [1.82, 2.24) is 0 Å². The molecule has 0 saturated heterocycles. The van der Waals surface area contributed by atoms with Crippen LogP contribution in [0.3, 0.4) is 0 Å². The van der Waals surface area contributed by atoms with E-state index in [0.717, 1.165) is 0 Å². The Morgan fingerprint density at radius 2 is 2.15 bits per heavy atom. The highest BCUT2D eigenvalue weighted by Crippen LogP contribution is 2.47. The zero-order chi connectivity index (χ0) is 9.90. The Morgan fingerprint density at radius 3 is 2.38 bits per heavy atom. The zero-order valence-corrected chi connectivity index (χ0v) is 10.1. The highest BCUT2D eigenvalue weighted by atomic mass is 28.3. The van der Waals surface area contributed by atoms with E-state index in [2.05, 4.69) is 25.9 Å². The summed E-state index contributed by atoms with van der Waals surface area (Å²) in [5.74, 6) is 2.84. The van der Waals surface area contributed by atoms with E-state index in [0.29, 0.717) is 5.41 Å². The van der Waals surface area contributed by atoms with Crippen LogP contribution in [0.25, 0.3) is 0 Å². The lowest BCUT2D eigenvalue weighted by Crippen LogP contribution is -2.43. The van der Waals surface area contributed by atoms with Crippen molar-refractivity contribution in [2.24, 2.45) is 5.41 Å². The molecule has 13 heavy (non-hydrogen) atoms. The van der Waals surface area contributed by atoms with Gasteiger partial charge in [-0.2, -0.15) is 0 Å². The largest absolute Gasteiger partial charge is 0.406 e. The third-order valence-electron chi connectivity index (χ3n) is 3.17. The molecule has 1 aliphatic carbocycles. The molecule has 0 aromatic carbocycles. The lowest BCUT2D eigenvalue weighted by molar-refractivity contribution is 0.0116. The third kappa shape index (κ3) is 2.15. The number of rotatable bonds is 4. The minimum Gasteiger partial charge on any atom is -0.406 e. The highest BCUT2D eigenvalue weighted by Gasteiger charge is 2.42. The summed E-state index contributed by atoms with van der Waals surface area (Å²) in [5.41, 5.74) is 0.339. The van der Waals surface area contributed by atoms with Crippen molar-refractivity contribution in [3.63, 3.8) is 0 Å². The second-order valence-electron chi connectivity index (χ2n) is 4.30. The van der Waals surface area contributed by atoms with Gasteiger partial charge in [-0.05, 0) is 32.4 Å². The average molecular weight is 196 g/mol. The SMILES string of the molecule is C#CC(O[SiH](C)C)C1(CC)CCC1. The topological polar surface area (TPSA) is 9.23 Å². The molecule has 1 atom stereocenters. The second kappa shape index (κ2) is 4.30. The number of hydrogen-bond donors (Lipinski definition) is 0. The molecule has 1 rings (SSSR count). The van der Waals surface area contributed by atoms with Crippen molar-refractivity contribution >= 4 is 9.04 Å². The van der Waals surface area contributed by atoms with Crippen molar-refractivity contribution in [3.8, 4) is 12.3 Å². The van der Waals surface area contributed by atoms with E-state index >= 15 is 0 Å². The minimum atomic E-state index is -0.982. The van der Waals surface area contributed by atoms with Crippen molar-refractivity contribution in [2.45, 2.75) is 51.8 Å². The predicted octanol–water partition coefficient (Wildman–Crippen LogP) is 2.57. The molecule has 0 radical (unpaired) electrons. The van der Waals surface area contributed by atoms with Crippen LogP contribution in [-0.4, -0.2) is 15.1 Å². The molecule has 1 aliphatic rings. The zero-order valence-electron chi connectivity index (χ0n) is 8.97. The Labute approximate surface area is 83.6 Å². The van der Waals surface area contributed by atoms with Gasteiger partial charge in [-0.25, -0.2) is 0 Å². The van der Waals surface area contributed by atoms with Gasteiger partial charge in [0.25, 0.3) is 0 Å². The monoisotopic (exact) mass is 196 g/mol. The van der Waals surface area contributed by atoms with E-state index in [1.54, 1.807) is 0 Å². The van der Waals surface area contributed by atoms with Crippen LogP contribution in [0.1, 0.15) is 32.6 Å². The van der Waals surface area contributed by atoms with Crippen LogP contribution in [0.4, 0.5) is 0 Å². The summed E-state index contributed by atoms with van der Waals surface area (Å²) in [7, 11) is -0.982. The maximum Gasteiger partial charge on any atom is 0.172 e. The Kier molecular flexibility index (Phi) is 3.58. The van der Waals surface area contributed by atoms with Gasteiger partial charge in [0.1, 0.15) is 6.10 Å². The van der Waals surface area contributed by atoms with Crippen LogP contribution in [0.2, 0.25) is 13.1 Å². The molecule has 1 nitrogen and oxygen atoms in total. The van der Waals surface area contributed by atoms with Gasteiger partial charge >= 0.3 is 0 Å². The summed E-state index contributed by atoms with van der Waals surface area (Å²) in [4.78, 5) is 0. The Balaban J connectivity index is 2.59. The molecule has 0 aliphatic heterocycles. The third-order valence-corrected chi connectivity index (χ3v) is 3.99. The molecule has 1 unspecified atom stereocenters. The quantitative estimate of drug-likeness (QED) is 0.496. The van der Waals surface area contributed by atoms with Gasteiger partial charge in [0.05, 0.1) is 0 Å². The first kappa shape index (κ1) is 10.8. The smallest absolute Gasteiger partial charge is 0.172 e. The van der Waals surface area contributed by atoms with Gasteiger partial charge in [0, 0.05) is 5.41 Å². The normalized spacial score (nSPS) is 22.1. The van der Waals surface area contributed by atoms with Gasteiger partial charge < -0.3 is 4.43 Å². The summed E-state index contributed by atoms with van der Waals surface area (Å²) >= 11 is 0. The molecule has 0 aromatic heterocycles. The average Bonchev–Trinajstić information content (AvgIpc) is 2.01. The molecule has 2 heteroatoms. The van der Waals surface area contributed by atoms with Gasteiger partial charge in [0.15, 0.2) is 9.04 Å². The van der Waals surface area contributed by atoms with Crippen LogP contribution in [0, 0.1) is 17.8 Å². The lowest BCUT2D eigenvalue weighted by Gasteiger charge is -2.45. The Morgan fingerprint density at radius 1 is 1.54 bits per heavy atom. The first-order chi connectivity index (χ1) is 6.14. The molecule has 0 heterocycles. The number of hydrogen-bond acceptors (Lipinski definition) is 1. The predicted molar refractivity (Wildman–Crippen MR) is 59.2 cm³/mol. The maximum atomic E-state index is 5.90. The Bertz CT molecular complexity index is 195. The second-order valence-corrected chi connectivity index (χ2v) is 6.67. The van der Waals surface area contributed by atoms with Crippen molar-refractivity contribution in [1.29, 1.82) is 0 Å². The molecule has 0 N–H and O–H groups in total. The van der Waals surface area contributed by atoms with Crippen molar-refractivity contribution in [2.75, 3.05) is 0 Å². The van der Waals surface area contributed by atoms with Crippen LogP contribution in [0.15, 0.2) is 0 Å². The van der Waals surface area contributed by atoms with Crippen LogP contribution >= 0.6 is 0 Å². The summed E-state index contributed by atoms with van der Waals surface area (Å²) < 4.78 is 5.90. The first-order valence-corrected chi connectivity index (χ1v) is 8.04. The molecule has 0 aromatic rings. The molecular weight excluding hydrogens is 176 g/mol. The van der Waals surface area contributed by atoms with E-state index in [9.17, 15) is 0 Å². The highest BCUT2D eigenvalue weighted by molar-refractivity contribution is 6.48. The van der Waals surface area contributed by atoms with E-state index in [4.69, 9.17) is 10.8 Å². The van der Waals surface area contributed by atoms with Crippen molar-refractivity contribution in [3.05, 3.63) is 0 Å². The molecule has 74 valence electrons. The van der Waals surface area contributed by atoms with Crippen LogP contribution in [-0.2, 0) is 4.43 Å². The lowest BCUT2D eigenvalue weighted by atomic mass is 9.64. The summed E-state index contributed by atoms with van der Waals surface area (Å²) in [6.45, 7) is 6.60. The minimum absolute atomic E-state index is 0.0953. The van der Waals surface area contributed by atoms with E-state index in [1.165, 1.54) is 25.7 Å². The van der Waals surface area contributed by atoms with Crippen molar-refractivity contribution < 1.29 is 4.43 Å². The fraction of sp³-hybridized carbons (Fsp3) is 0.818. The Hall–Kier alpha value is -0.263. The maximum absolute atomic E-state index is 5.90. The summed E-state index contributed by atoms with van der Waals surface area (Å²) in [5, 5.41) is 0. The standard InChI is InChI=1S/C11H20OSi/c1-5-10(12-13(3)4)11(6-2)8-7-9-11/h1,10,13H,6-9H2,2-4H3. The van der Waals surface area contributed by atoms with Gasteiger partial charge in [0.2, 0.25) is 0 Å². The molecule has 1 fully saturated rings. The fourth-order valence-corrected chi connectivity index (χ4v) is 2.98. The molecule has 1 saturated carbocycles. The van der Waals surface area contributed by atoms with Gasteiger partial charge in [-0.3, -0.25) is 0 Å². The molecule has 0 spiro atoms. The molecular formula is C11H20OSi.